The summed E-state index contributed by atoms with van der Waals surface area (Å²) in [5.41, 5.74) is 3.70. The maximum absolute atomic E-state index is 14.3. The predicted octanol–water partition coefficient (Wildman–Crippen LogP) is 7.73. The summed E-state index contributed by atoms with van der Waals surface area (Å²) in [4.78, 5) is 64.2. The van der Waals surface area contributed by atoms with Gasteiger partial charge in [0.25, 0.3) is 0 Å². The highest BCUT2D eigenvalue weighted by Crippen LogP contribution is 2.30. The lowest BCUT2D eigenvalue weighted by Crippen LogP contribution is -2.39. The molecule has 1 fully saturated rings. The number of nitrogens with zero attached hydrogens (tertiary/aromatic N) is 3. The largest absolute Gasteiger partial charge is 0.348 e. The standard InChI is InChI=1S/C43H46N4O6/c1-29(48)12-6-4-5-7-19-38(50)47(27-35-28-52-43(2,3)53-35)34-22-20-30(21-23-34)39(37(49)26-33-15-8-13-31-16-10-24-44-40(31)33)42(51)46-36-18-9-14-32-17-11-25-45-41(32)36/h8-11,13-18,20-25,35,39H,4-7,12,19,26-28H2,1-3H3,(H,46,51)/t35-,39?/m1/s1. The summed E-state index contributed by atoms with van der Waals surface area (Å²) in [6, 6.07) is 25.8. The third kappa shape index (κ3) is 9.57. The molecule has 274 valence electrons. The number of pyridine rings is 2. The average molecular weight is 715 g/mol. The van der Waals surface area contributed by atoms with Crippen molar-refractivity contribution in [3.05, 3.63) is 108 Å². The number of ketones is 2. The van der Waals surface area contributed by atoms with Gasteiger partial charge in [0.15, 0.2) is 11.6 Å². The van der Waals surface area contributed by atoms with Crippen LogP contribution in [0.15, 0.2) is 97.3 Å². The summed E-state index contributed by atoms with van der Waals surface area (Å²) in [7, 11) is 0. The van der Waals surface area contributed by atoms with Crippen LogP contribution in [0, 0.1) is 0 Å². The quantitative estimate of drug-likeness (QED) is 0.0813. The SMILES string of the molecule is CC(=O)CCCCCCC(=O)N(C[C@@H]1COC(C)(C)O1)c1ccc(C(C(=O)Cc2cccc3cccnc23)C(=O)Nc2cccc3cccnc23)cc1. The molecule has 10 nitrogen and oxygen atoms in total. The van der Waals surface area contributed by atoms with E-state index in [4.69, 9.17) is 9.47 Å². The van der Waals surface area contributed by atoms with Crippen LogP contribution in [-0.4, -0.2) is 58.4 Å². The molecule has 0 aliphatic carbocycles. The zero-order valence-electron chi connectivity index (χ0n) is 30.5. The first-order valence-corrected chi connectivity index (χ1v) is 18.3. The highest BCUT2D eigenvalue weighted by molar-refractivity contribution is 6.14. The Bertz CT molecular complexity index is 1990. The molecule has 3 heterocycles. The molecule has 6 rings (SSSR count). The number of carbonyl (C=O) groups excluding carboxylic acids is 4. The van der Waals surface area contributed by atoms with E-state index in [1.165, 1.54) is 0 Å². The normalized spacial score (nSPS) is 15.6. The van der Waals surface area contributed by atoms with E-state index >= 15 is 0 Å². The number of para-hydroxylation sites is 2. The van der Waals surface area contributed by atoms with Crippen molar-refractivity contribution in [1.29, 1.82) is 0 Å². The molecule has 3 aromatic carbocycles. The number of hydrogen-bond acceptors (Lipinski definition) is 8. The van der Waals surface area contributed by atoms with Crippen LogP contribution in [0.4, 0.5) is 11.4 Å². The minimum Gasteiger partial charge on any atom is -0.348 e. The van der Waals surface area contributed by atoms with Crippen molar-refractivity contribution in [2.24, 2.45) is 0 Å². The van der Waals surface area contributed by atoms with Gasteiger partial charge in [0.2, 0.25) is 11.8 Å². The maximum Gasteiger partial charge on any atom is 0.239 e. The maximum atomic E-state index is 14.3. The van der Waals surface area contributed by atoms with Gasteiger partial charge in [0, 0.05) is 48.1 Å². The van der Waals surface area contributed by atoms with Crippen LogP contribution in [0.2, 0.25) is 0 Å². The number of carbonyl (C=O) groups is 4. The number of ether oxygens (including phenoxy) is 2. The Morgan fingerprint density at radius 1 is 0.811 bits per heavy atom. The van der Waals surface area contributed by atoms with E-state index < -0.39 is 17.6 Å². The number of amides is 2. The molecule has 1 unspecified atom stereocenters. The Hall–Kier alpha value is -5.32. The van der Waals surface area contributed by atoms with Crippen molar-refractivity contribution in [3.8, 4) is 0 Å². The van der Waals surface area contributed by atoms with E-state index in [0.29, 0.717) is 53.8 Å². The van der Waals surface area contributed by atoms with Gasteiger partial charge in [-0.15, -0.1) is 0 Å². The lowest BCUT2D eigenvalue weighted by molar-refractivity contribution is -0.138. The Balaban J connectivity index is 1.27. The van der Waals surface area contributed by atoms with Crippen molar-refractivity contribution < 1.29 is 28.7 Å². The number of Topliss-reactive ketones (excluding diaryl/α,β-unsaturated/α-hetero) is 2. The number of fused-ring (bicyclic) bond motifs is 2. The van der Waals surface area contributed by atoms with Gasteiger partial charge in [-0.05, 0) is 75.1 Å². The van der Waals surface area contributed by atoms with Crippen LogP contribution in [0.25, 0.3) is 21.8 Å². The van der Waals surface area contributed by atoms with Crippen LogP contribution in [0.5, 0.6) is 0 Å². The minimum atomic E-state index is -1.16. The van der Waals surface area contributed by atoms with Crippen LogP contribution < -0.4 is 10.2 Å². The zero-order valence-corrected chi connectivity index (χ0v) is 30.5. The molecule has 0 saturated carbocycles. The van der Waals surface area contributed by atoms with Crippen molar-refractivity contribution >= 4 is 56.6 Å². The summed E-state index contributed by atoms with van der Waals surface area (Å²) in [5, 5.41) is 4.76. The molecule has 0 radical (unpaired) electrons. The van der Waals surface area contributed by atoms with Gasteiger partial charge >= 0.3 is 0 Å². The Labute approximate surface area is 309 Å². The second-order valence-corrected chi connectivity index (χ2v) is 14.1. The lowest BCUT2D eigenvalue weighted by atomic mass is 9.89. The van der Waals surface area contributed by atoms with Crippen LogP contribution in [0.1, 0.15) is 76.3 Å². The van der Waals surface area contributed by atoms with Gasteiger partial charge in [0.1, 0.15) is 17.8 Å². The Morgan fingerprint density at radius 2 is 1.45 bits per heavy atom. The number of hydrogen-bond donors (Lipinski definition) is 1. The van der Waals surface area contributed by atoms with Gasteiger partial charge in [-0.25, -0.2) is 0 Å². The summed E-state index contributed by atoms with van der Waals surface area (Å²) in [6.07, 6.45) is 7.16. The van der Waals surface area contributed by atoms with Gasteiger partial charge in [-0.2, -0.15) is 0 Å². The number of anilines is 2. The molecule has 2 amide bonds. The second-order valence-electron chi connectivity index (χ2n) is 14.1. The highest BCUT2D eigenvalue weighted by Gasteiger charge is 2.35. The molecule has 10 heteroatoms. The van der Waals surface area contributed by atoms with E-state index in [-0.39, 0.29) is 36.5 Å². The number of unbranched alkanes of at least 4 members (excludes halogenated alkanes) is 3. The number of nitrogens with one attached hydrogen (secondary N) is 1. The van der Waals surface area contributed by atoms with Crippen molar-refractivity contribution in [1.82, 2.24) is 9.97 Å². The van der Waals surface area contributed by atoms with Gasteiger partial charge in [0.05, 0.1) is 29.9 Å². The molecule has 1 saturated heterocycles. The first kappa shape index (κ1) is 37.4. The fraction of sp³-hybridized carbons (Fsp3) is 0.349. The molecule has 2 atom stereocenters. The Kier molecular flexibility index (Phi) is 12.0. The molecule has 0 spiro atoms. The summed E-state index contributed by atoms with van der Waals surface area (Å²) >= 11 is 0. The summed E-state index contributed by atoms with van der Waals surface area (Å²) in [6.45, 7) is 5.93. The van der Waals surface area contributed by atoms with Crippen molar-refractivity contribution in [2.45, 2.75) is 83.5 Å². The molecular weight excluding hydrogens is 668 g/mol. The molecule has 53 heavy (non-hydrogen) atoms. The molecule has 2 aromatic heterocycles. The highest BCUT2D eigenvalue weighted by atomic mass is 16.7. The lowest BCUT2D eigenvalue weighted by Gasteiger charge is -2.27. The van der Waals surface area contributed by atoms with E-state index in [9.17, 15) is 19.2 Å². The molecule has 1 aliphatic rings. The first-order chi connectivity index (χ1) is 25.6. The van der Waals surface area contributed by atoms with E-state index in [0.717, 1.165) is 35.6 Å². The van der Waals surface area contributed by atoms with Crippen LogP contribution >= 0.6 is 0 Å². The summed E-state index contributed by atoms with van der Waals surface area (Å²) < 4.78 is 11.9. The number of benzene rings is 3. The van der Waals surface area contributed by atoms with Crippen molar-refractivity contribution in [2.75, 3.05) is 23.4 Å². The number of aromatic nitrogens is 2. The van der Waals surface area contributed by atoms with E-state index in [1.807, 2.05) is 68.4 Å². The molecule has 1 aliphatic heterocycles. The number of rotatable bonds is 16. The van der Waals surface area contributed by atoms with Crippen molar-refractivity contribution in [3.63, 3.8) is 0 Å². The van der Waals surface area contributed by atoms with Crippen LogP contribution in [0.3, 0.4) is 0 Å². The average Bonchev–Trinajstić information content (AvgIpc) is 3.50. The molecule has 0 bridgehead atoms. The fourth-order valence-electron chi connectivity index (χ4n) is 6.89. The molecule has 5 aromatic rings. The van der Waals surface area contributed by atoms with Crippen LogP contribution in [-0.2, 0) is 35.1 Å². The third-order valence-corrected chi connectivity index (χ3v) is 9.52. The molecular formula is C43H46N4O6. The van der Waals surface area contributed by atoms with Gasteiger partial charge < -0.3 is 24.5 Å². The monoisotopic (exact) mass is 714 g/mol. The van der Waals surface area contributed by atoms with E-state index in [2.05, 4.69) is 15.3 Å². The summed E-state index contributed by atoms with van der Waals surface area (Å²) in [5.74, 6) is -2.57. The van der Waals surface area contributed by atoms with E-state index in [1.54, 1.807) is 54.5 Å². The molecule has 1 N–H and O–H groups in total. The minimum absolute atomic E-state index is 0.00614. The second kappa shape index (κ2) is 17.0. The Morgan fingerprint density at radius 3 is 2.13 bits per heavy atom. The topological polar surface area (TPSA) is 128 Å². The zero-order chi connectivity index (χ0) is 37.4. The fourth-order valence-corrected chi connectivity index (χ4v) is 6.89. The first-order valence-electron chi connectivity index (χ1n) is 18.3. The predicted molar refractivity (Wildman–Crippen MR) is 206 cm³/mol. The van der Waals surface area contributed by atoms with Gasteiger partial charge in [-0.3, -0.25) is 24.4 Å². The smallest absolute Gasteiger partial charge is 0.239 e. The van der Waals surface area contributed by atoms with Gasteiger partial charge in [-0.1, -0.05) is 67.4 Å². The third-order valence-electron chi connectivity index (χ3n) is 9.52.